The number of para-hydroxylation sites is 1. The molecule has 0 aromatic heterocycles. The number of rotatable bonds is 8. The summed E-state index contributed by atoms with van der Waals surface area (Å²) in [7, 11) is 0. The van der Waals surface area contributed by atoms with Crippen molar-refractivity contribution in [1.82, 2.24) is 4.90 Å². The van der Waals surface area contributed by atoms with E-state index >= 15 is 0 Å². The zero-order valence-electron chi connectivity index (χ0n) is 20.8. The van der Waals surface area contributed by atoms with E-state index < -0.39 is 0 Å². The second kappa shape index (κ2) is 13.1. The molecule has 0 saturated carbocycles. The van der Waals surface area contributed by atoms with Crippen LogP contribution in [0, 0.1) is 11.3 Å². The molecular weight excluding hydrogens is 589 g/mol. The third-order valence-electron chi connectivity index (χ3n) is 6.07. The summed E-state index contributed by atoms with van der Waals surface area (Å²) < 4.78 is 12.5. The molecule has 38 heavy (non-hydrogen) atoms. The molecule has 196 valence electrons. The molecule has 0 aliphatic carbocycles. The molecule has 4 rings (SSSR count). The Balaban J connectivity index is 1.49. The topological polar surface area (TPSA) is 65.8 Å². The lowest BCUT2D eigenvalue weighted by atomic mass is 10.1. The van der Waals surface area contributed by atoms with Crippen LogP contribution in [-0.4, -0.2) is 43.6 Å². The van der Waals surface area contributed by atoms with Crippen molar-refractivity contribution in [1.29, 1.82) is 5.26 Å². The SMILES string of the molecule is CCOc1cc(/C=C(/C#N)C(=O)N2CCN(c3ccccc3)CC2)cc(Br)c1OCc1ccc(Cl)cc1Cl. The summed E-state index contributed by atoms with van der Waals surface area (Å²) in [6.07, 6.45) is 1.58. The van der Waals surface area contributed by atoms with Gasteiger partial charge < -0.3 is 19.3 Å². The highest BCUT2D eigenvalue weighted by atomic mass is 79.9. The zero-order valence-corrected chi connectivity index (χ0v) is 23.9. The fraction of sp³-hybridized carbons (Fsp3) is 0.241. The average Bonchev–Trinajstić information content (AvgIpc) is 2.92. The number of ether oxygens (including phenoxy) is 2. The Morgan fingerprint density at radius 3 is 2.45 bits per heavy atom. The maximum Gasteiger partial charge on any atom is 0.264 e. The average molecular weight is 615 g/mol. The summed E-state index contributed by atoms with van der Waals surface area (Å²) in [6.45, 7) is 4.99. The Bertz CT molecular complexity index is 1370. The van der Waals surface area contributed by atoms with Crippen LogP contribution in [0.25, 0.3) is 6.08 Å². The highest BCUT2D eigenvalue weighted by Crippen LogP contribution is 2.38. The Kier molecular flexibility index (Phi) is 9.57. The predicted molar refractivity (Wildman–Crippen MR) is 155 cm³/mol. The van der Waals surface area contributed by atoms with Crippen molar-refractivity contribution in [2.75, 3.05) is 37.7 Å². The molecule has 1 heterocycles. The van der Waals surface area contributed by atoms with Crippen LogP contribution < -0.4 is 14.4 Å². The molecule has 0 atom stereocenters. The number of hydrogen-bond donors (Lipinski definition) is 0. The van der Waals surface area contributed by atoms with E-state index in [9.17, 15) is 10.1 Å². The largest absolute Gasteiger partial charge is 0.490 e. The highest BCUT2D eigenvalue weighted by Gasteiger charge is 2.24. The van der Waals surface area contributed by atoms with Gasteiger partial charge in [-0.05, 0) is 70.9 Å². The van der Waals surface area contributed by atoms with Crippen molar-refractivity contribution in [2.24, 2.45) is 0 Å². The van der Waals surface area contributed by atoms with Gasteiger partial charge in [0.2, 0.25) is 0 Å². The van der Waals surface area contributed by atoms with Crippen LogP contribution in [0.1, 0.15) is 18.1 Å². The molecule has 1 aliphatic heterocycles. The zero-order chi connectivity index (χ0) is 27.1. The minimum Gasteiger partial charge on any atom is -0.490 e. The van der Waals surface area contributed by atoms with E-state index in [1.165, 1.54) is 0 Å². The van der Waals surface area contributed by atoms with Crippen molar-refractivity contribution in [3.05, 3.63) is 91.9 Å². The van der Waals surface area contributed by atoms with Crippen LogP contribution in [0.4, 0.5) is 5.69 Å². The summed E-state index contributed by atoms with van der Waals surface area (Å²) >= 11 is 15.8. The number of halogens is 3. The van der Waals surface area contributed by atoms with Crippen molar-refractivity contribution in [2.45, 2.75) is 13.5 Å². The maximum absolute atomic E-state index is 13.2. The Morgan fingerprint density at radius 2 is 1.79 bits per heavy atom. The van der Waals surface area contributed by atoms with Gasteiger partial charge in [0.05, 0.1) is 11.1 Å². The van der Waals surface area contributed by atoms with Gasteiger partial charge in [0, 0.05) is 47.5 Å². The number of hydrogen-bond acceptors (Lipinski definition) is 5. The third kappa shape index (κ3) is 6.82. The molecule has 3 aromatic carbocycles. The molecule has 0 radical (unpaired) electrons. The van der Waals surface area contributed by atoms with Crippen molar-refractivity contribution in [3.63, 3.8) is 0 Å². The van der Waals surface area contributed by atoms with Crippen LogP contribution in [0.15, 0.2) is 70.7 Å². The van der Waals surface area contributed by atoms with Gasteiger partial charge in [0.25, 0.3) is 5.91 Å². The lowest BCUT2D eigenvalue weighted by Crippen LogP contribution is -2.49. The standard InChI is InChI=1S/C29H26BrCl2N3O3/c1-2-37-27-16-20(15-25(30)28(27)38-19-21-8-9-23(31)17-26(21)32)14-22(18-33)29(36)35-12-10-34(11-13-35)24-6-4-3-5-7-24/h3-9,14-17H,2,10-13,19H2,1H3/b22-14-. The maximum atomic E-state index is 13.2. The van der Waals surface area contributed by atoms with Crippen molar-refractivity contribution in [3.8, 4) is 17.6 Å². The van der Waals surface area contributed by atoms with E-state index in [0.717, 1.165) is 11.3 Å². The molecule has 0 N–H and O–H groups in total. The molecule has 6 nitrogen and oxygen atoms in total. The Hall–Kier alpha value is -3.18. The van der Waals surface area contributed by atoms with E-state index in [1.54, 1.807) is 41.3 Å². The normalized spacial score (nSPS) is 13.7. The molecule has 9 heteroatoms. The summed E-state index contributed by atoms with van der Waals surface area (Å²) in [4.78, 5) is 17.1. The third-order valence-corrected chi connectivity index (χ3v) is 7.24. The Morgan fingerprint density at radius 1 is 1.05 bits per heavy atom. The van der Waals surface area contributed by atoms with Gasteiger partial charge in [-0.1, -0.05) is 47.5 Å². The lowest BCUT2D eigenvalue weighted by molar-refractivity contribution is -0.126. The summed E-state index contributed by atoms with van der Waals surface area (Å²) in [5, 5.41) is 10.9. The van der Waals surface area contributed by atoms with Crippen LogP contribution in [0.5, 0.6) is 11.5 Å². The molecular formula is C29H26BrCl2N3O3. The minimum atomic E-state index is -0.285. The van der Waals surface area contributed by atoms with Crippen LogP contribution >= 0.6 is 39.1 Å². The molecule has 0 unspecified atom stereocenters. The number of carbonyl (C=O) groups is 1. The van der Waals surface area contributed by atoms with Crippen LogP contribution in [0.3, 0.4) is 0 Å². The first-order valence-corrected chi connectivity index (χ1v) is 13.7. The number of amides is 1. The van der Waals surface area contributed by atoms with Gasteiger partial charge in [-0.3, -0.25) is 4.79 Å². The summed E-state index contributed by atoms with van der Waals surface area (Å²) in [5.41, 5.74) is 2.61. The first-order chi connectivity index (χ1) is 18.4. The number of nitrogens with zero attached hydrogens (tertiary/aromatic N) is 3. The van der Waals surface area contributed by atoms with Gasteiger partial charge >= 0.3 is 0 Å². The van der Waals surface area contributed by atoms with Gasteiger partial charge in [-0.2, -0.15) is 5.26 Å². The van der Waals surface area contributed by atoms with Crippen molar-refractivity contribution < 1.29 is 14.3 Å². The first-order valence-electron chi connectivity index (χ1n) is 12.1. The number of anilines is 1. The molecule has 0 spiro atoms. The number of carbonyl (C=O) groups excluding carboxylic acids is 1. The second-order valence-electron chi connectivity index (χ2n) is 8.57. The van der Waals surface area contributed by atoms with Gasteiger partial charge in [-0.25, -0.2) is 0 Å². The molecule has 0 bridgehead atoms. The minimum absolute atomic E-state index is 0.0640. The van der Waals surface area contributed by atoms with E-state index in [2.05, 4.69) is 39.0 Å². The Labute approximate surface area is 241 Å². The predicted octanol–water partition coefficient (Wildman–Crippen LogP) is 6.99. The molecule has 1 saturated heterocycles. The molecule has 1 amide bonds. The van der Waals surface area contributed by atoms with E-state index in [4.69, 9.17) is 32.7 Å². The van der Waals surface area contributed by atoms with Gasteiger partial charge in [0.15, 0.2) is 11.5 Å². The van der Waals surface area contributed by atoms with E-state index in [-0.39, 0.29) is 18.1 Å². The highest BCUT2D eigenvalue weighted by molar-refractivity contribution is 9.10. The number of piperazine rings is 1. The first kappa shape index (κ1) is 27.8. The number of benzene rings is 3. The van der Waals surface area contributed by atoms with E-state index in [0.29, 0.717) is 64.4 Å². The molecule has 3 aromatic rings. The summed E-state index contributed by atoms with van der Waals surface area (Å²) in [5.74, 6) is 0.698. The van der Waals surface area contributed by atoms with Crippen molar-refractivity contribution >= 4 is 56.8 Å². The monoisotopic (exact) mass is 613 g/mol. The molecule has 1 aliphatic rings. The van der Waals surface area contributed by atoms with E-state index in [1.807, 2.05) is 25.1 Å². The van der Waals surface area contributed by atoms with Crippen LogP contribution in [-0.2, 0) is 11.4 Å². The van der Waals surface area contributed by atoms with Crippen LogP contribution in [0.2, 0.25) is 10.0 Å². The second-order valence-corrected chi connectivity index (χ2v) is 10.3. The lowest BCUT2D eigenvalue weighted by Gasteiger charge is -2.36. The fourth-order valence-corrected chi connectivity index (χ4v) is 5.19. The quantitative estimate of drug-likeness (QED) is 0.202. The smallest absolute Gasteiger partial charge is 0.264 e. The fourth-order valence-electron chi connectivity index (χ4n) is 4.15. The van der Waals surface area contributed by atoms with Gasteiger partial charge in [-0.15, -0.1) is 0 Å². The van der Waals surface area contributed by atoms with Gasteiger partial charge in [0.1, 0.15) is 18.2 Å². The summed E-state index contributed by atoms with van der Waals surface area (Å²) in [6, 6.07) is 20.9. The molecule has 1 fully saturated rings. The number of nitriles is 1.